The molecule has 1 aliphatic heterocycles. The lowest BCUT2D eigenvalue weighted by Crippen LogP contribution is -2.19. The molecule has 1 atom stereocenters. The number of hydrogen-bond acceptors (Lipinski definition) is 3. The van der Waals surface area contributed by atoms with Crippen LogP contribution in [-0.4, -0.2) is 14.5 Å². The molecule has 3 heterocycles. The minimum atomic E-state index is -0.00689. The highest BCUT2D eigenvalue weighted by atomic mass is 35.5. The average molecular weight is 359 g/mol. The average Bonchev–Trinajstić information content (AvgIpc) is 3.06. The smallest absolute Gasteiger partial charge is 0.209 e. The fourth-order valence-electron chi connectivity index (χ4n) is 3.44. The first-order valence-electron chi connectivity index (χ1n) is 8.41. The van der Waals surface area contributed by atoms with Crippen LogP contribution in [0.15, 0.2) is 79.1 Å². The van der Waals surface area contributed by atoms with Crippen molar-refractivity contribution in [1.82, 2.24) is 14.5 Å². The summed E-state index contributed by atoms with van der Waals surface area (Å²) >= 11 is 6.27. The number of benzene rings is 2. The van der Waals surface area contributed by atoms with Gasteiger partial charge in [-0.1, -0.05) is 35.9 Å². The second-order valence-electron chi connectivity index (χ2n) is 6.24. The molecular formula is C21H15ClN4. The van der Waals surface area contributed by atoms with E-state index in [4.69, 9.17) is 16.6 Å². The van der Waals surface area contributed by atoms with Gasteiger partial charge in [-0.25, -0.2) is 4.98 Å². The molecule has 0 amide bonds. The van der Waals surface area contributed by atoms with Crippen LogP contribution in [0.2, 0.25) is 5.02 Å². The van der Waals surface area contributed by atoms with E-state index in [2.05, 4.69) is 33.1 Å². The summed E-state index contributed by atoms with van der Waals surface area (Å²) in [6.45, 7) is 0. The van der Waals surface area contributed by atoms with Gasteiger partial charge in [0.1, 0.15) is 0 Å². The van der Waals surface area contributed by atoms with Crippen LogP contribution in [0.4, 0.5) is 5.95 Å². The third kappa shape index (κ3) is 2.47. The molecule has 126 valence electrons. The number of para-hydroxylation sites is 2. The molecule has 1 unspecified atom stereocenters. The predicted molar refractivity (Wildman–Crippen MR) is 105 cm³/mol. The molecule has 0 bridgehead atoms. The van der Waals surface area contributed by atoms with Gasteiger partial charge >= 0.3 is 0 Å². The molecular weight excluding hydrogens is 344 g/mol. The van der Waals surface area contributed by atoms with Gasteiger partial charge in [0.15, 0.2) is 0 Å². The Morgan fingerprint density at radius 1 is 1.00 bits per heavy atom. The van der Waals surface area contributed by atoms with E-state index < -0.39 is 0 Å². The Labute approximate surface area is 155 Å². The molecule has 5 heteroatoms. The monoisotopic (exact) mass is 358 g/mol. The minimum Gasteiger partial charge on any atom is -0.325 e. The second-order valence-corrected chi connectivity index (χ2v) is 6.68. The normalized spacial score (nSPS) is 16.0. The fourth-order valence-corrected chi connectivity index (χ4v) is 3.63. The van der Waals surface area contributed by atoms with Crippen molar-refractivity contribution in [3.63, 3.8) is 0 Å². The first-order valence-corrected chi connectivity index (χ1v) is 8.79. The summed E-state index contributed by atoms with van der Waals surface area (Å²) in [7, 11) is 0. The van der Waals surface area contributed by atoms with Crippen LogP contribution in [0, 0.1) is 0 Å². The molecule has 0 saturated carbocycles. The number of nitrogens with one attached hydrogen (secondary N) is 1. The molecule has 1 aliphatic rings. The van der Waals surface area contributed by atoms with Crippen molar-refractivity contribution in [2.24, 2.45) is 0 Å². The predicted octanol–water partition coefficient (Wildman–Crippen LogP) is 5.14. The van der Waals surface area contributed by atoms with E-state index in [9.17, 15) is 0 Å². The Morgan fingerprint density at radius 2 is 1.92 bits per heavy atom. The number of pyridine rings is 1. The van der Waals surface area contributed by atoms with Gasteiger partial charge in [0.25, 0.3) is 0 Å². The maximum Gasteiger partial charge on any atom is 0.209 e. The van der Waals surface area contributed by atoms with Crippen molar-refractivity contribution in [3.8, 4) is 0 Å². The Bertz CT molecular complexity index is 1130. The number of aromatic nitrogens is 3. The van der Waals surface area contributed by atoms with Crippen LogP contribution in [0.25, 0.3) is 16.7 Å². The summed E-state index contributed by atoms with van der Waals surface area (Å²) in [4.78, 5) is 9.03. The van der Waals surface area contributed by atoms with Crippen molar-refractivity contribution < 1.29 is 0 Å². The van der Waals surface area contributed by atoms with E-state index >= 15 is 0 Å². The number of imidazole rings is 1. The highest BCUT2D eigenvalue weighted by Crippen LogP contribution is 2.37. The third-order valence-corrected chi connectivity index (χ3v) is 4.84. The van der Waals surface area contributed by atoms with Gasteiger partial charge in [-0.15, -0.1) is 0 Å². The highest BCUT2D eigenvalue weighted by molar-refractivity contribution is 6.30. The van der Waals surface area contributed by atoms with E-state index in [1.54, 1.807) is 6.20 Å². The third-order valence-electron chi connectivity index (χ3n) is 4.61. The zero-order chi connectivity index (χ0) is 17.5. The quantitative estimate of drug-likeness (QED) is 0.539. The molecule has 1 N–H and O–H groups in total. The number of halogens is 1. The van der Waals surface area contributed by atoms with Gasteiger partial charge in [-0.3, -0.25) is 9.55 Å². The topological polar surface area (TPSA) is 42.7 Å². The first-order chi connectivity index (χ1) is 12.8. The van der Waals surface area contributed by atoms with Gasteiger partial charge in [0, 0.05) is 28.7 Å². The summed E-state index contributed by atoms with van der Waals surface area (Å²) in [5.74, 6) is 0.817. The molecule has 2 aromatic heterocycles. The molecule has 0 saturated heterocycles. The zero-order valence-electron chi connectivity index (χ0n) is 13.8. The molecule has 5 rings (SSSR count). The van der Waals surface area contributed by atoms with Crippen LogP contribution < -0.4 is 5.32 Å². The Kier molecular flexibility index (Phi) is 3.50. The Balaban J connectivity index is 1.74. The lowest BCUT2D eigenvalue weighted by Gasteiger charge is -2.26. The van der Waals surface area contributed by atoms with Crippen LogP contribution in [0.3, 0.4) is 0 Å². The van der Waals surface area contributed by atoms with E-state index in [-0.39, 0.29) is 6.04 Å². The summed E-state index contributed by atoms with van der Waals surface area (Å²) < 4.78 is 2.21. The molecule has 0 spiro atoms. The van der Waals surface area contributed by atoms with Crippen LogP contribution in [0.1, 0.15) is 17.2 Å². The van der Waals surface area contributed by atoms with Crippen molar-refractivity contribution in [1.29, 1.82) is 0 Å². The van der Waals surface area contributed by atoms with E-state index in [1.807, 2.05) is 54.7 Å². The van der Waals surface area contributed by atoms with Gasteiger partial charge in [0.05, 0.1) is 17.1 Å². The molecule has 4 nitrogen and oxygen atoms in total. The molecule has 26 heavy (non-hydrogen) atoms. The number of allylic oxidation sites excluding steroid dienone is 1. The maximum atomic E-state index is 6.27. The largest absolute Gasteiger partial charge is 0.325 e. The van der Waals surface area contributed by atoms with Crippen LogP contribution in [-0.2, 0) is 0 Å². The summed E-state index contributed by atoms with van der Waals surface area (Å²) in [5.41, 5.74) is 5.18. The molecule has 0 aliphatic carbocycles. The molecule has 0 fully saturated rings. The number of rotatable bonds is 2. The lowest BCUT2D eigenvalue weighted by molar-refractivity contribution is 0.720. The number of nitrogens with zero attached hydrogens (tertiary/aromatic N) is 3. The van der Waals surface area contributed by atoms with E-state index in [0.29, 0.717) is 0 Å². The second kappa shape index (κ2) is 6.00. The van der Waals surface area contributed by atoms with Gasteiger partial charge in [-0.2, -0.15) is 0 Å². The van der Waals surface area contributed by atoms with Crippen molar-refractivity contribution in [3.05, 3.63) is 95.3 Å². The highest BCUT2D eigenvalue weighted by Gasteiger charge is 2.25. The van der Waals surface area contributed by atoms with Gasteiger partial charge < -0.3 is 5.32 Å². The zero-order valence-corrected chi connectivity index (χ0v) is 14.6. The minimum absolute atomic E-state index is 0.00689. The van der Waals surface area contributed by atoms with Gasteiger partial charge in [0.2, 0.25) is 5.95 Å². The Hall–Kier alpha value is -3.11. The number of fused-ring (bicyclic) bond motifs is 3. The van der Waals surface area contributed by atoms with Crippen molar-refractivity contribution >= 4 is 34.3 Å². The molecule has 2 aromatic carbocycles. The van der Waals surface area contributed by atoms with Crippen molar-refractivity contribution in [2.45, 2.75) is 6.04 Å². The van der Waals surface area contributed by atoms with Gasteiger partial charge in [-0.05, 0) is 48.0 Å². The summed E-state index contributed by atoms with van der Waals surface area (Å²) in [6, 6.07) is 20.1. The number of anilines is 1. The first kappa shape index (κ1) is 15.2. The maximum absolute atomic E-state index is 6.27. The Morgan fingerprint density at radius 3 is 2.77 bits per heavy atom. The standard InChI is InChI=1S/C21H15ClN4/c22-16-7-3-5-14(11-16)20-12-18(15-6-4-10-23-13-15)25-21-24-17-8-1-2-9-19(17)26(20)21/h1-13,20H,(H,24,25). The van der Waals surface area contributed by atoms with Crippen molar-refractivity contribution in [2.75, 3.05) is 5.32 Å². The molecule has 4 aromatic rings. The van der Waals surface area contributed by atoms with Crippen LogP contribution in [0.5, 0.6) is 0 Å². The van der Waals surface area contributed by atoms with E-state index in [0.717, 1.165) is 38.8 Å². The SMILES string of the molecule is Clc1cccc(C2C=C(c3cccnc3)Nc3nc4ccccc4n32)c1. The summed E-state index contributed by atoms with van der Waals surface area (Å²) in [5, 5.41) is 4.18. The fraction of sp³-hybridized carbons (Fsp3) is 0.0476. The lowest BCUT2D eigenvalue weighted by atomic mass is 10.0. The van der Waals surface area contributed by atoms with E-state index in [1.165, 1.54) is 0 Å². The number of hydrogen-bond donors (Lipinski definition) is 1. The molecule has 0 radical (unpaired) electrons. The summed E-state index contributed by atoms with van der Waals surface area (Å²) in [6.07, 6.45) is 5.83. The van der Waals surface area contributed by atoms with Crippen LogP contribution >= 0.6 is 11.6 Å².